The maximum Gasteiger partial charge on any atom is 0.244 e. The van der Waals surface area contributed by atoms with Crippen molar-refractivity contribution >= 4 is 0 Å². The molecule has 0 radical (unpaired) electrons. The molecule has 0 amide bonds. The Balaban J connectivity index is 1.78. The largest absolute Gasteiger partial charge is 0.508 e. The zero-order valence-corrected chi connectivity index (χ0v) is 11.5. The van der Waals surface area contributed by atoms with E-state index >= 15 is 0 Å². The van der Waals surface area contributed by atoms with E-state index in [4.69, 9.17) is 4.52 Å². The molecule has 2 unspecified atom stereocenters. The smallest absolute Gasteiger partial charge is 0.244 e. The van der Waals surface area contributed by atoms with Crippen LogP contribution in [0.1, 0.15) is 38.1 Å². The highest BCUT2D eigenvalue weighted by atomic mass is 16.5. The van der Waals surface area contributed by atoms with Gasteiger partial charge in [0.15, 0.2) is 0 Å². The van der Waals surface area contributed by atoms with E-state index in [9.17, 15) is 5.11 Å². The van der Waals surface area contributed by atoms with Crippen LogP contribution >= 0.6 is 0 Å². The second-order valence-electron chi connectivity index (χ2n) is 5.31. The van der Waals surface area contributed by atoms with Crippen molar-refractivity contribution in [3.63, 3.8) is 0 Å². The predicted molar refractivity (Wildman–Crippen MR) is 75.2 cm³/mol. The van der Waals surface area contributed by atoms with Gasteiger partial charge in [-0.25, -0.2) is 0 Å². The van der Waals surface area contributed by atoms with E-state index < -0.39 is 0 Å². The number of benzene rings is 1. The highest BCUT2D eigenvalue weighted by molar-refractivity contribution is 5.55. The van der Waals surface area contributed by atoms with Crippen LogP contribution in [0.2, 0.25) is 0 Å². The van der Waals surface area contributed by atoms with Crippen LogP contribution in [0.3, 0.4) is 0 Å². The first kappa shape index (κ1) is 13.1. The Morgan fingerprint density at radius 3 is 2.90 bits per heavy atom. The minimum Gasteiger partial charge on any atom is -0.508 e. The number of hydrogen-bond donors (Lipinski definition) is 2. The lowest BCUT2D eigenvalue weighted by Gasteiger charge is -2.27. The van der Waals surface area contributed by atoms with E-state index in [-0.39, 0.29) is 11.8 Å². The lowest BCUT2D eigenvalue weighted by Crippen LogP contribution is -2.31. The van der Waals surface area contributed by atoms with Crippen molar-refractivity contribution < 1.29 is 9.63 Å². The summed E-state index contributed by atoms with van der Waals surface area (Å²) < 4.78 is 5.40. The monoisotopic (exact) mass is 273 g/mol. The minimum atomic E-state index is 0.159. The number of phenolic OH excluding ortho intramolecular Hbond substituents is 1. The number of aromatic hydroxyl groups is 1. The summed E-state index contributed by atoms with van der Waals surface area (Å²) in [7, 11) is 0. The maximum atomic E-state index is 9.29. The molecular formula is C15H19N3O2. The normalized spacial score (nSPS) is 22.9. The van der Waals surface area contributed by atoms with Crippen molar-refractivity contribution in [2.75, 3.05) is 6.54 Å². The van der Waals surface area contributed by atoms with Crippen LogP contribution in [0, 0.1) is 5.92 Å². The number of nitrogens with one attached hydrogen (secondary N) is 1. The van der Waals surface area contributed by atoms with Crippen LogP contribution in [0.4, 0.5) is 0 Å². The summed E-state index contributed by atoms with van der Waals surface area (Å²) in [6.45, 7) is 3.23. The van der Waals surface area contributed by atoms with Gasteiger partial charge in [-0.2, -0.15) is 4.98 Å². The molecule has 5 heteroatoms. The number of piperidine rings is 1. The molecule has 2 N–H and O–H groups in total. The molecule has 1 fully saturated rings. The lowest BCUT2D eigenvalue weighted by atomic mass is 9.90. The number of nitrogens with zero attached hydrogens (tertiary/aromatic N) is 2. The summed E-state index contributed by atoms with van der Waals surface area (Å²) in [5.74, 6) is 2.19. The second-order valence-corrected chi connectivity index (χ2v) is 5.31. The lowest BCUT2D eigenvalue weighted by molar-refractivity contribution is 0.246. The van der Waals surface area contributed by atoms with E-state index in [1.165, 1.54) is 12.8 Å². The molecule has 1 aromatic heterocycles. The first-order valence-corrected chi connectivity index (χ1v) is 7.12. The van der Waals surface area contributed by atoms with Crippen LogP contribution in [0.5, 0.6) is 5.75 Å². The van der Waals surface area contributed by atoms with Gasteiger partial charge in [0.05, 0.1) is 6.04 Å². The zero-order valence-electron chi connectivity index (χ0n) is 11.5. The predicted octanol–water partition coefficient (Wildman–Crippen LogP) is 2.89. The van der Waals surface area contributed by atoms with Gasteiger partial charge in [-0.3, -0.25) is 0 Å². The third kappa shape index (κ3) is 2.67. The maximum absolute atomic E-state index is 9.29. The van der Waals surface area contributed by atoms with E-state index in [1.54, 1.807) is 24.3 Å². The molecule has 0 saturated carbocycles. The van der Waals surface area contributed by atoms with Gasteiger partial charge in [0, 0.05) is 5.56 Å². The SMILES string of the molecule is CCC1CCNC(c2nc(-c3ccc(O)cc3)no2)C1. The Bertz CT molecular complexity index is 565. The van der Waals surface area contributed by atoms with Crippen LogP contribution in [-0.2, 0) is 0 Å². The van der Waals surface area contributed by atoms with Gasteiger partial charge in [-0.05, 0) is 49.6 Å². The fourth-order valence-corrected chi connectivity index (χ4v) is 2.66. The van der Waals surface area contributed by atoms with Crippen LogP contribution in [-0.4, -0.2) is 21.8 Å². The second kappa shape index (κ2) is 5.63. The molecule has 1 saturated heterocycles. The van der Waals surface area contributed by atoms with Gasteiger partial charge in [0.1, 0.15) is 5.75 Å². The Morgan fingerprint density at radius 1 is 1.35 bits per heavy atom. The Labute approximate surface area is 118 Å². The summed E-state index contributed by atoms with van der Waals surface area (Å²) in [5, 5.41) is 16.8. The summed E-state index contributed by atoms with van der Waals surface area (Å²) in [5.41, 5.74) is 0.848. The molecule has 2 aromatic rings. The van der Waals surface area contributed by atoms with Crippen molar-refractivity contribution in [2.45, 2.75) is 32.2 Å². The van der Waals surface area contributed by atoms with Crippen molar-refractivity contribution in [1.82, 2.24) is 15.5 Å². The van der Waals surface area contributed by atoms with E-state index in [0.717, 1.165) is 24.4 Å². The van der Waals surface area contributed by atoms with Gasteiger partial charge in [0.25, 0.3) is 0 Å². The summed E-state index contributed by atoms with van der Waals surface area (Å²) in [6, 6.07) is 6.97. The molecule has 2 atom stereocenters. The summed E-state index contributed by atoms with van der Waals surface area (Å²) >= 11 is 0. The summed E-state index contributed by atoms with van der Waals surface area (Å²) in [6.07, 6.45) is 3.46. The highest BCUT2D eigenvalue weighted by Gasteiger charge is 2.26. The van der Waals surface area contributed by atoms with E-state index in [1.807, 2.05) is 0 Å². The van der Waals surface area contributed by atoms with Gasteiger partial charge in [0.2, 0.25) is 11.7 Å². The van der Waals surface area contributed by atoms with Crippen LogP contribution in [0.15, 0.2) is 28.8 Å². The van der Waals surface area contributed by atoms with Crippen molar-refractivity contribution in [3.05, 3.63) is 30.2 Å². The summed E-state index contributed by atoms with van der Waals surface area (Å²) in [4.78, 5) is 4.48. The van der Waals surface area contributed by atoms with Crippen molar-refractivity contribution in [1.29, 1.82) is 0 Å². The molecule has 5 nitrogen and oxygen atoms in total. The Morgan fingerprint density at radius 2 is 2.15 bits per heavy atom. The third-order valence-corrected chi connectivity index (χ3v) is 3.96. The molecule has 0 bridgehead atoms. The number of phenols is 1. The van der Waals surface area contributed by atoms with Crippen molar-refractivity contribution in [2.24, 2.45) is 5.92 Å². The van der Waals surface area contributed by atoms with Gasteiger partial charge >= 0.3 is 0 Å². The molecule has 1 aliphatic rings. The van der Waals surface area contributed by atoms with E-state index in [0.29, 0.717) is 11.7 Å². The molecule has 106 valence electrons. The molecule has 20 heavy (non-hydrogen) atoms. The van der Waals surface area contributed by atoms with Gasteiger partial charge in [-0.15, -0.1) is 0 Å². The fourth-order valence-electron chi connectivity index (χ4n) is 2.66. The fraction of sp³-hybridized carbons (Fsp3) is 0.467. The standard InChI is InChI=1S/C15H19N3O2/c1-2-10-7-8-16-13(9-10)15-17-14(18-20-15)11-3-5-12(19)6-4-11/h3-6,10,13,16,19H,2,7-9H2,1H3. The average molecular weight is 273 g/mol. The molecule has 1 aliphatic heterocycles. The van der Waals surface area contributed by atoms with Crippen LogP contribution in [0.25, 0.3) is 11.4 Å². The first-order valence-electron chi connectivity index (χ1n) is 7.12. The average Bonchev–Trinajstić information content (AvgIpc) is 2.98. The van der Waals surface area contributed by atoms with Crippen LogP contribution < -0.4 is 5.32 Å². The number of aromatic nitrogens is 2. The highest BCUT2D eigenvalue weighted by Crippen LogP contribution is 2.29. The third-order valence-electron chi connectivity index (χ3n) is 3.96. The zero-order chi connectivity index (χ0) is 13.9. The number of hydrogen-bond acceptors (Lipinski definition) is 5. The quantitative estimate of drug-likeness (QED) is 0.899. The Kier molecular flexibility index (Phi) is 3.69. The molecule has 0 aliphatic carbocycles. The Hall–Kier alpha value is -1.88. The van der Waals surface area contributed by atoms with Gasteiger partial charge in [-0.1, -0.05) is 18.5 Å². The molecule has 0 spiro atoms. The molecule has 2 heterocycles. The topological polar surface area (TPSA) is 71.2 Å². The van der Waals surface area contributed by atoms with Gasteiger partial charge < -0.3 is 14.9 Å². The first-order chi connectivity index (χ1) is 9.76. The molecule has 3 rings (SSSR count). The molecule has 1 aromatic carbocycles. The van der Waals surface area contributed by atoms with Crippen molar-refractivity contribution in [3.8, 4) is 17.1 Å². The molecular weight excluding hydrogens is 254 g/mol. The minimum absolute atomic E-state index is 0.159. The number of rotatable bonds is 3. The van der Waals surface area contributed by atoms with E-state index in [2.05, 4.69) is 22.4 Å².